The van der Waals surface area contributed by atoms with Gasteiger partial charge in [-0.15, -0.1) is 0 Å². The molecule has 0 unspecified atom stereocenters. The van der Waals surface area contributed by atoms with Gasteiger partial charge in [0.15, 0.2) is 0 Å². The first-order valence-corrected chi connectivity index (χ1v) is 30.7. The van der Waals surface area contributed by atoms with Gasteiger partial charge in [0, 0.05) is 49.3 Å². The van der Waals surface area contributed by atoms with Crippen molar-refractivity contribution in [2.45, 2.75) is 223 Å². The first kappa shape index (κ1) is 77.8. The van der Waals surface area contributed by atoms with Gasteiger partial charge in [0.2, 0.25) is 59.1 Å². The number of carbonyl (C=O) groups excluding carboxylic acids is 11. The number of nitrogens with zero attached hydrogens (tertiary/aromatic N) is 8. The van der Waals surface area contributed by atoms with E-state index in [1.807, 2.05) is 55.4 Å². The van der Waals surface area contributed by atoms with Gasteiger partial charge in [-0.1, -0.05) is 114 Å². The van der Waals surface area contributed by atoms with Crippen LogP contribution in [0.4, 0.5) is 4.48 Å². The molecule has 0 radical (unpaired) electrons. The summed E-state index contributed by atoms with van der Waals surface area (Å²) in [5, 5.41) is 19.9. The molecule has 12 atom stereocenters. The third kappa shape index (κ3) is 21.0. The summed E-state index contributed by atoms with van der Waals surface area (Å²) in [6, 6.07) is -13.7. The molecule has 0 spiro atoms. The van der Waals surface area contributed by atoms with Crippen molar-refractivity contribution < 1.29 is 62.3 Å². The highest BCUT2D eigenvalue weighted by atomic mass is 19.2. The smallest absolute Gasteiger partial charge is 0.276 e. The van der Waals surface area contributed by atoms with Crippen molar-refractivity contribution in [1.82, 2.24) is 55.4 Å². The molecule has 86 heavy (non-hydrogen) atoms. The van der Waals surface area contributed by atoms with Gasteiger partial charge in [-0.05, 0) is 101 Å². The zero-order chi connectivity index (χ0) is 66.8. The SMILES string of the molecule is C/C=C/C[C@@H](C)[C@@H](O)[C@H]1C(=O)N(F)[C@@H](CC)C(=O)N(C)CC(=O)N(C)[C@@H](CC(C)C)C(=O)N[C@@H](C(C)C)C(=O)N(C)[C@@H](CC(C)C)C(=O)N[C@@H](C)C(=O)N[C@H](C)C(=O)N(C)[C@@H](CC(C)C)C(=O)N(C)[C@@H](CC(C)C)C(=O)N(C)[C@@H](C(C)C)C(=O)N1C. The van der Waals surface area contributed by atoms with Gasteiger partial charge in [-0.25, -0.2) is 0 Å². The Morgan fingerprint density at radius 1 is 0.477 bits per heavy atom. The Labute approximate surface area is 513 Å². The molecular formula is C62H110FN11O12. The lowest BCUT2D eigenvalue weighted by Crippen LogP contribution is -2.63. The van der Waals surface area contributed by atoms with E-state index in [0.29, 0.717) is 0 Å². The lowest BCUT2D eigenvalue weighted by Gasteiger charge is -2.42. The summed E-state index contributed by atoms with van der Waals surface area (Å²) < 4.78 is 17.2. The Hall–Kier alpha value is -6.20. The number of allylic oxidation sites excluding steroid dienone is 2. The third-order valence-corrected chi connectivity index (χ3v) is 16.2. The Kier molecular flexibility index (Phi) is 31.6. The van der Waals surface area contributed by atoms with Crippen molar-refractivity contribution in [3.05, 3.63) is 12.2 Å². The van der Waals surface area contributed by atoms with Gasteiger partial charge >= 0.3 is 0 Å². The van der Waals surface area contributed by atoms with Crippen LogP contribution in [-0.4, -0.2) is 232 Å². The van der Waals surface area contributed by atoms with Crippen molar-refractivity contribution in [3.63, 3.8) is 0 Å². The summed E-state index contributed by atoms with van der Waals surface area (Å²) in [6.07, 6.45) is 2.03. The lowest BCUT2D eigenvalue weighted by atomic mass is 9.91. The summed E-state index contributed by atoms with van der Waals surface area (Å²) in [7, 11) is 9.40. The molecule has 1 aliphatic heterocycles. The number of hydrogen-bond acceptors (Lipinski definition) is 12. The minimum absolute atomic E-state index is 0.0953. The molecular weight excluding hydrogens is 1110 g/mol. The maximum absolute atomic E-state index is 17.2. The zero-order valence-electron chi connectivity index (χ0n) is 56.4. The van der Waals surface area contributed by atoms with Crippen molar-refractivity contribution in [2.24, 2.45) is 41.4 Å². The fraction of sp³-hybridized carbons (Fsp3) is 0.790. The molecule has 1 fully saturated rings. The van der Waals surface area contributed by atoms with E-state index in [-0.39, 0.29) is 67.3 Å². The van der Waals surface area contributed by atoms with E-state index in [2.05, 4.69) is 16.0 Å². The number of halogens is 1. The summed E-state index contributed by atoms with van der Waals surface area (Å²) in [5.74, 6) is -11.6. The number of rotatable bonds is 15. The molecule has 1 rings (SSSR count). The molecule has 23 nitrogen and oxygen atoms in total. The zero-order valence-corrected chi connectivity index (χ0v) is 56.4. The van der Waals surface area contributed by atoms with Gasteiger partial charge in [0.05, 0.1) is 12.6 Å². The van der Waals surface area contributed by atoms with Crippen molar-refractivity contribution >= 4 is 65.0 Å². The molecule has 11 amide bonds. The van der Waals surface area contributed by atoms with E-state index < -0.39 is 156 Å². The van der Waals surface area contributed by atoms with E-state index in [1.165, 1.54) is 89.7 Å². The van der Waals surface area contributed by atoms with E-state index in [1.54, 1.807) is 53.7 Å². The molecule has 1 saturated heterocycles. The Morgan fingerprint density at radius 2 is 0.884 bits per heavy atom. The van der Waals surface area contributed by atoms with Crippen molar-refractivity contribution in [2.75, 3.05) is 55.9 Å². The van der Waals surface area contributed by atoms with Crippen LogP contribution < -0.4 is 16.0 Å². The highest BCUT2D eigenvalue weighted by molar-refractivity contribution is 5.99. The monoisotopic (exact) mass is 1220 g/mol. The number of aliphatic hydroxyl groups excluding tert-OH is 1. The van der Waals surface area contributed by atoms with Gasteiger partial charge in [-0.2, -0.15) is 5.12 Å². The van der Waals surface area contributed by atoms with Gasteiger partial charge in [-0.3, -0.25) is 52.7 Å². The van der Waals surface area contributed by atoms with Gasteiger partial charge < -0.3 is 55.4 Å². The highest BCUT2D eigenvalue weighted by Gasteiger charge is 2.47. The fourth-order valence-corrected chi connectivity index (χ4v) is 10.8. The van der Waals surface area contributed by atoms with E-state index in [0.717, 1.165) is 14.7 Å². The maximum atomic E-state index is 17.2. The number of hydrogen-bond donors (Lipinski definition) is 4. The van der Waals surface area contributed by atoms with Gasteiger partial charge in [0.25, 0.3) is 5.91 Å². The van der Waals surface area contributed by atoms with Gasteiger partial charge in [0.1, 0.15) is 60.4 Å². The van der Waals surface area contributed by atoms with Crippen LogP contribution in [0, 0.1) is 41.4 Å². The fourth-order valence-electron chi connectivity index (χ4n) is 10.8. The molecule has 0 saturated carbocycles. The van der Waals surface area contributed by atoms with Crippen LogP contribution in [0.25, 0.3) is 0 Å². The minimum Gasteiger partial charge on any atom is -0.390 e. The second-order valence-corrected chi connectivity index (χ2v) is 26.2. The number of nitrogens with one attached hydrogen (secondary N) is 3. The molecule has 0 bridgehead atoms. The molecule has 0 aromatic rings. The molecule has 1 heterocycles. The predicted molar refractivity (Wildman–Crippen MR) is 328 cm³/mol. The Balaban J connectivity index is 4.38. The summed E-state index contributed by atoms with van der Waals surface area (Å²) in [5.41, 5.74) is 0. The molecule has 0 aromatic heterocycles. The van der Waals surface area contributed by atoms with Crippen LogP contribution in [0.5, 0.6) is 0 Å². The second kappa shape index (κ2) is 35.0. The summed E-state index contributed by atoms with van der Waals surface area (Å²) in [4.78, 5) is 168. The topological polar surface area (TPSA) is 270 Å². The number of aliphatic hydroxyl groups is 1. The van der Waals surface area contributed by atoms with Crippen LogP contribution in [-0.2, 0) is 52.7 Å². The lowest BCUT2D eigenvalue weighted by molar-refractivity contribution is -0.174. The summed E-state index contributed by atoms with van der Waals surface area (Å²) in [6.45, 7) is 28.4. The molecule has 0 aliphatic carbocycles. The van der Waals surface area contributed by atoms with E-state index in [4.69, 9.17) is 0 Å². The number of amides is 11. The van der Waals surface area contributed by atoms with E-state index >= 15 is 14.1 Å². The normalized spacial score (nSPS) is 26.9. The molecule has 0 aromatic carbocycles. The van der Waals surface area contributed by atoms with Crippen LogP contribution in [0.1, 0.15) is 156 Å². The van der Waals surface area contributed by atoms with Crippen LogP contribution in [0.2, 0.25) is 0 Å². The molecule has 1 aliphatic rings. The quantitative estimate of drug-likeness (QED) is 0.135. The first-order valence-electron chi connectivity index (χ1n) is 30.7. The summed E-state index contributed by atoms with van der Waals surface area (Å²) >= 11 is 0. The largest absolute Gasteiger partial charge is 0.390 e. The predicted octanol–water partition coefficient (Wildman–Crippen LogP) is 3.87. The van der Waals surface area contributed by atoms with Crippen molar-refractivity contribution in [1.29, 1.82) is 0 Å². The van der Waals surface area contributed by atoms with E-state index in [9.17, 15) is 48.3 Å². The maximum Gasteiger partial charge on any atom is 0.276 e. The molecule has 24 heteroatoms. The average molecular weight is 1220 g/mol. The van der Waals surface area contributed by atoms with Crippen LogP contribution in [0.3, 0.4) is 0 Å². The number of likely N-dealkylation sites (N-methyl/N-ethyl adjacent to an activating group) is 7. The van der Waals surface area contributed by atoms with Crippen molar-refractivity contribution in [3.8, 4) is 0 Å². The highest BCUT2D eigenvalue weighted by Crippen LogP contribution is 2.27. The first-order chi connectivity index (χ1) is 39.6. The van der Waals surface area contributed by atoms with Crippen LogP contribution >= 0.6 is 0 Å². The minimum atomic E-state index is -1.97. The standard InChI is InChI=1S/C62H110FN11O12/c1-25-27-28-40(15)52(76)51-62(86)74(63)43(26-2)57(81)67(18)33-48(75)68(19)44(29-34(3)4)55(79)66-49(38(11)12)60(84)69(20)45(30-35(5)6)54(78)64-41(16)53(77)65-42(17)56(80)70(21)46(31-36(7)8)58(82)71(22)47(32-37(9)10)59(83)72(23)50(39(13)14)61(85)73(51)24/h25,27,34-47,49-52,76H,26,28-33H2,1-24H3,(H,64,78)(H,65,77)(H,66,79)/b27-25+/t40-,41+,42-,43+,44+,45+,46+,47+,49+,50+,51+,52-/m1/s1. The molecule has 492 valence electrons. The second-order valence-electron chi connectivity index (χ2n) is 26.2. The average Bonchev–Trinajstić information content (AvgIpc) is 1.46. The molecule has 4 N–H and O–H groups in total. The Morgan fingerprint density at radius 3 is 1.33 bits per heavy atom. The number of carbonyl (C=O) groups is 11. The Bertz CT molecular complexity index is 2370. The van der Waals surface area contributed by atoms with Crippen LogP contribution in [0.15, 0.2) is 12.2 Å². The third-order valence-electron chi connectivity index (χ3n) is 16.2.